The summed E-state index contributed by atoms with van der Waals surface area (Å²) < 4.78 is 14.9. The SMILES string of the molecule is CCCNC1CSCc2c(Br)ccc(F)c21. The van der Waals surface area contributed by atoms with Crippen molar-refractivity contribution in [3.05, 3.63) is 33.5 Å². The van der Waals surface area contributed by atoms with Crippen LogP contribution in [0.4, 0.5) is 4.39 Å². The fraction of sp³-hybridized carbons (Fsp3) is 0.500. The van der Waals surface area contributed by atoms with Gasteiger partial charge in [0.25, 0.3) is 0 Å². The van der Waals surface area contributed by atoms with Crippen LogP contribution in [0.1, 0.15) is 30.5 Å². The van der Waals surface area contributed by atoms with Gasteiger partial charge in [0.15, 0.2) is 0 Å². The van der Waals surface area contributed by atoms with E-state index in [2.05, 4.69) is 28.2 Å². The Balaban J connectivity index is 2.33. The third kappa shape index (κ3) is 2.44. The first-order chi connectivity index (χ1) is 7.74. The van der Waals surface area contributed by atoms with Crippen molar-refractivity contribution in [1.82, 2.24) is 5.32 Å². The van der Waals surface area contributed by atoms with Crippen LogP contribution in [0, 0.1) is 5.82 Å². The second kappa shape index (κ2) is 5.52. The predicted molar refractivity (Wildman–Crippen MR) is 71.3 cm³/mol. The Bertz CT molecular complexity index is 384. The zero-order valence-corrected chi connectivity index (χ0v) is 11.6. The van der Waals surface area contributed by atoms with Crippen LogP contribution in [-0.2, 0) is 5.75 Å². The first kappa shape index (κ1) is 12.4. The van der Waals surface area contributed by atoms with Gasteiger partial charge < -0.3 is 5.32 Å². The van der Waals surface area contributed by atoms with Crippen LogP contribution in [0.3, 0.4) is 0 Å². The summed E-state index contributed by atoms with van der Waals surface area (Å²) in [5, 5.41) is 3.41. The molecule has 0 amide bonds. The summed E-state index contributed by atoms with van der Waals surface area (Å²) in [6.45, 7) is 3.07. The molecule has 88 valence electrons. The minimum atomic E-state index is -0.0768. The largest absolute Gasteiger partial charge is 0.309 e. The van der Waals surface area contributed by atoms with Gasteiger partial charge in [0.05, 0.1) is 0 Å². The molecule has 0 spiro atoms. The summed E-state index contributed by atoms with van der Waals surface area (Å²) in [5.41, 5.74) is 1.98. The summed E-state index contributed by atoms with van der Waals surface area (Å²) in [5.74, 6) is 1.78. The van der Waals surface area contributed by atoms with Gasteiger partial charge in [-0.25, -0.2) is 4.39 Å². The Morgan fingerprint density at radius 1 is 1.56 bits per heavy atom. The van der Waals surface area contributed by atoms with Crippen molar-refractivity contribution in [3.8, 4) is 0 Å². The van der Waals surface area contributed by atoms with E-state index >= 15 is 0 Å². The quantitative estimate of drug-likeness (QED) is 0.909. The van der Waals surface area contributed by atoms with Gasteiger partial charge in [-0.05, 0) is 30.7 Å². The van der Waals surface area contributed by atoms with Crippen molar-refractivity contribution in [2.75, 3.05) is 12.3 Å². The number of fused-ring (bicyclic) bond motifs is 1. The Hall–Kier alpha value is -0.0600. The number of hydrogen-bond acceptors (Lipinski definition) is 2. The van der Waals surface area contributed by atoms with Gasteiger partial charge in [0, 0.05) is 27.6 Å². The number of benzene rings is 1. The summed E-state index contributed by atoms with van der Waals surface area (Å²) in [6, 6.07) is 3.52. The van der Waals surface area contributed by atoms with E-state index in [1.807, 2.05) is 11.8 Å². The van der Waals surface area contributed by atoms with Crippen LogP contribution >= 0.6 is 27.7 Å². The highest BCUT2D eigenvalue weighted by molar-refractivity contribution is 9.10. The monoisotopic (exact) mass is 303 g/mol. The lowest BCUT2D eigenvalue weighted by molar-refractivity contribution is 0.525. The molecule has 0 saturated heterocycles. The first-order valence-corrected chi connectivity index (χ1v) is 7.46. The molecule has 1 aromatic carbocycles. The van der Waals surface area contributed by atoms with Crippen molar-refractivity contribution in [1.29, 1.82) is 0 Å². The maximum Gasteiger partial charge on any atom is 0.128 e. The number of nitrogens with one attached hydrogen (secondary N) is 1. The van der Waals surface area contributed by atoms with Crippen LogP contribution in [0.25, 0.3) is 0 Å². The van der Waals surface area contributed by atoms with Crippen molar-refractivity contribution in [2.45, 2.75) is 25.1 Å². The second-order valence-corrected chi connectivity index (χ2v) is 5.83. The van der Waals surface area contributed by atoms with E-state index in [1.54, 1.807) is 12.1 Å². The zero-order valence-electron chi connectivity index (χ0n) is 9.22. The van der Waals surface area contributed by atoms with Gasteiger partial charge >= 0.3 is 0 Å². The lowest BCUT2D eigenvalue weighted by atomic mass is 10.0. The van der Waals surface area contributed by atoms with Gasteiger partial charge in [-0.1, -0.05) is 22.9 Å². The molecule has 1 N–H and O–H groups in total. The molecule has 0 aliphatic carbocycles. The average molecular weight is 304 g/mol. The molecule has 1 unspecified atom stereocenters. The molecule has 16 heavy (non-hydrogen) atoms. The lowest BCUT2D eigenvalue weighted by Gasteiger charge is -2.27. The molecular weight excluding hydrogens is 289 g/mol. The van der Waals surface area contributed by atoms with E-state index in [0.717, 1.165) is 40.1 Å². The minimum Gasteiger partial charge on any atom is -0.309 e. The van der Waals surface area contributed by atoms with Crippen LogP contribution in [0.5, 0.6) is 0 Å². The zero-order chi connectivity index (χ0) is 11.5. The molecule has 0 radical (unpaired) electrons. The summed E-state index contributed by atoms with van der Waals surface area (Å²) >= 11 is 5.36. The highest BCUT2D eigenvalue weighted by Gasteiger charge is 2.24. The Labute approximate surface area is 108 Å². The predicted octanol–water partition coefficient (Wildman–Crippen LogP) is 3.88. The van der Waals surface area contributed by atoms with Crippen LogP contribution in [-0.4, -0.2) is 12.3 Å². The van der Waals surface area contributed by atoms with Crippen LogP contribution < -0.4 is 5.32 Å². The van der Waals surface area contributed by atoms with Gasteiger partial charge in [-0.15, -0.1) is 0 Å². The van der Waals surface area contributed by atoms with E-state index < -0.39 is 0 Å². The number of rotatable bonds is 3. The molecule has 1 aromatic rings. The van der Waals surface area contributed by atoms with Crippen molar-refractivity contribution in [2.24, 2.45) is 0 Å². The molecule has 1 aliphatic heterocycles. The standard InChI is InChI=1S/C12H15BrFNS/c1-2-5-15-11-7-16-6-8-9(13)3-4-10(14)12(8)11/h3-4,11,15H,2,5-7H2,1H3. The molecule has 1 nitrogen and oxygen atoms in total. The van der Waals surface area contributed by atoms with Gasteiger partial charge in [0.2, 0.25) is 0 Å². The highest BCUT2D eigenvalue weighted by Crippen LogP contribution is 2.37. The lowest BCUT2D eigenvalue weighted by Crippen LogP contribution is -2.28. The molecule has 0 bridgehead atoms. The molecule has 1 atom stereocenters. The summed E-state index contributed by atoms with van der Waals surface area (Å²) in [6.07, 6.45) is 1.08. The Morgan fingerprint density at radius 2 is 2.38 bits per heavy atom. The van der Waals surface area contributed by atoms with Crippen molar-refractivity contribution >= 4 is 27.7 Å². The van der Waals surface area contributed by atoms with Crippen molar-refractivity contribution < 1.29 is 4.39 Å². The Kier molecular flexibility index (Phi) is 4.27. The fourth-order valence-corrected chi connectivity index (χ4v) is 3.80. The smallest absolute Gasteiger partial charge is 0.128 e. The average Bonchev–Trinajstić information content (AvgIpc) is 2.31. The molecule has 1 aliphatic rings. The van der Waals surface area contributed by atoms with Crippen LogP contribution in [0.15, 0.2) is 16.6 Å². The molecule has 4 heteroatoms. The fourth-order valence-electron chi connectivity index (χ4n) is 1.97. The molecule has 1 heterocycles. The third-order valence-electron chi connectivity index (χ3n) is 2.77. The van der Waals surface area contributed by atoms with Crippen LogP contribution in [0.2, 0.25) is 0 Å². The summed E-state index contributed by atoms with van der Waals surface area (Å²) in [4.78, 5) is 0. The second-order valence-electron chi connectivity index (χ2n) is 3.94. The molecular formula is C12H15BrFNS. The first-order valence-electron chi connectivity index (χ1n) is 5.52. The summed E-state index contributed by atoms with van der Waals surface area (Å²) in [7, 11) is 0. The number of hydrogen-bond donors (Lipinski definition) is 1. The molecule has 2 rings (SSSR count). The van der Waals surface area contributed by atoms with E-state index in [9.17, 15) is 4.39 Å². The number of halogens is 2. The molecule has 0 fully saturated rings. The van der Waals surface area contributed by atoms with Gasteiger partial charge in [-0.2, -0.15) is 11.8 Å². The molecule has 0 saturated carbocycles. The van der Waals surface area contributed by atoms with E-state index in [1.165, 1.54) is 0 Å². The van der Waals surface area contributed by atoms with Gasteiger partial charge in [0.1, 0.15) is 5.82 Å². The maximum atomic E-state index is 13.9. The minimum absolute atomic E-state index is 0.0768. The number of thioether (sulfide) groups is 1. The third-order valence-corrected chi connectivity index (χ3v) is 4.57. The molecule has 0 aromatic heterocycles. The van der Waals surface area contributed by atoms with E-state index in [-0.39, 0.29) is 11.9 Å². The highest BCUT2D eigenvalue weighted by atomic mass is 79.9. The Morgan fingerprint density at radius 3 is 3.12 bits per heavy atom. The topological polar surface area (TPSA) is 12.0 Å². The van der Waals surface area contributed by atoms with Gasteiger partial charge in [-0.3, -0.25) is 0 Å². The van der Waals surface area contributed by atoms with E-state index in [0.29, 0.717) is 0 Å². The van der Waals surface area contributed by atoms with Crippen molar-refractivity contribution in [3.63, 3.8) is 0 Å². The van der Waals surface area contributed by atoms with E-state index in [4.69, 9.17) is 0 Å². The normalized spacial score (nSPS) is 19.6. The maximum absolute atomic E-state index is 13.9.